The predicted octanol–water partition coefficient (Wildman–Crippen LogP) is 2.77. The van der Waals surface area contributed by atoms with Crippen molar-refractivity contribution in [2.24, 2.45) is 11.7 Å². The summed E-state index contributed by atoms with van der Waals surface area (Å²) in [7, 11) is 1.58. The van der Waals surface area contributed by atoms with Gasteiger partial charge in [-0.2, -0.15) is 0 Å². The third-order valence-electron chi connectivity index (χ3n) is 2.44. The summed E-state index contributed by atoms with van der Waals surface area (Å²) in [5, 5.41) is 2.79. The highest BCUT2D eigenvalue weighted by Crippen LogP contribution is 2.24. The zero-order valence-corrected chi connectivity index (χ0v) is 12.5. The number of nitrogens with two attached hydrogens (primary N) is 1. The van der Waals surface area contributed by atoms with Crippen molar-refractivity contribution >= 4 is 27.5 Å². The Hall–Kier alpha value is -1.07. The highest BCUT2D eigenvalue weighted by Gasteiger charge is 2.15. The van der Waals surface area contributed by atoms with Gasteiger partial charge in [-0.05, 0) is 24.5 Å². The first kappa shape index (κ1) is 15.0. The number of hydrogen-bond acceptors (Lipinski definition) is 3. The molecule has 0 aliphatic carbocycles. The average molecular weight is 315 g/mol. The molecule has 1 aromatic carbocycles. The maximum Gasteiger partial charge on any atom is 0.241 e. The molecule has 0 spiro atoms. The van der Waals surface area contributed by atoms with Gasteiger partial charge in [0.15, 0.2) is 0 Å². The minimum atomic E-state index is -0.491. The highest BCUT2D eigenvalue weighted by atomic mass is 79.9. The Bertz CT molecular complexity index is 421. The predicted molar refractivity (Wildman–Crippen MR) is 76.8 cm³/mol. The molecule has 5 heteroatoms. The van der Waals surface area contributed by atoms with Crippen LogP contribution in [-0.4, -0.2) is 19.1 Å². The van der Waals surface area contributed by atoms with Gasteiger partial charge in [-0.3, -0.25) is 4.79 Å². The van der Waals surface area contributed by atoms with Crippen molar-refractivity contribution in [1.29, 1.82) is 0 Å². The Morgan fingerprint density at radius 1 is 1.44 bits per heavy atom. The lowest BCUT2D eigenvalue weighted by atomic mass is 10.0. The van der Waals surface area contributed by atoms with Crippen molar-refractivity contribution in [2.75, 3.05) is 12.4 Å². The number of benzene rings is 1. The van der Waals surface area contributed by atoms with Crippen LogP contribution < -0.4 is 15.8 Å². The fourth-order valence-corrected chi connectivity index (χ4v) is 2.07. The smallest absolute Gasteiger partial charge is 0.241 e. The fourth-order valence-electron chi connectivity index (χ4n) is 1.60. The lowest BCUT2D eigenvalue weighted by Crippen LogP contribution is -2.36. The fraction of sp³-hybridized carbons (Fsp3) is 0.462. The monoisotopic (exact) mass is 314 g/mol. The second-order valence-electron chi connectivity index (χ2n) is 4.61. The van der Waals surface area contributed by atoms with E-state index in [9.17, 15) is 4.79 Å². The molecule has 0 radical (unpaired) electrons. The Morgan fingerprint density at radius 3 is 2.67 bits per heavy atom. The number of hydrogen-bond donors (Lipinski definition) is 2. The molecule has 3 N–H and O–H groups in total. The zero-order valence-electron chi connectivity index (χ0n) is 10.9. The second kappa shape index (κ2) is 6.75. The van der Waals surface area contributed by atoms with Crippen LogP contribution in [0.1, 0.15) is 20.3 Å². The van der Waals surface area contributed by atoms with E-state index in [1.807, 2.05) is 26.0 Å². The Balaban J connectivity index is 2.72. The second-order valence-corrected chi connectivity index (χ2v) is 5.52. The SMILES string of the molecule is COc1cc(Br)cc(NC(=O)[C@H](N)CC(C)C)c1. The molecule has 0 bridgehead atoms. The van der Waals surface area contributed by atoms with Crippen LogP contribution in [-0.2, 0) is 4.79 Å². The van der Waals surface area contributed by atoms with Gasteiger partial charge in [0, 0.05) is 16.2 Å². The van der Waals surface area contributed by atoms with Gasteiger partial charge in [0.1, 0.15) is 5.75 Å². The normalized spacial score (nSPS) is 12.3. The number of anilines is 1. The van der Waals surface area contributed by atoms with Crippen LogP contribution >= 0.6 is 15.9 Å². The first-order chi connectivity index (χ1) is 8.42. The molecule has 18 heavy (non-hydrogen) atoms. The molecule has 4 nitrogen and oxygen atoms in total. The highest BCUT2D eigenvalue weighted by molar-refractivity contribution is 9.10. The summed E-state index contributed by atoms with van der Waals surface area (Å²) >= 11 is 3.36. The van der Waals surface area contributed by atoms with Crippen molar-refractivity contribution in [3.63, 3.8) is 0 Å². The number of rotatable bonds is 5. The van der Waals surface area contributed by atoms with Gasteiger partial charge in [-0.1, -0.05) is 29.8 Å². The van der Waals surface area contributed by atoms with Crippen molar-refractivity contribution in [2.45, 2.75) is 26.3 Å². The van der Waals surface area contributed by atoms with Gasteiger partial charge in [0.2, 0.25) is 5.91 Å². The molecular formula is C13H19BrN2O2. The van der Waals surface area contributed by atoms with E-state index in [1.54, 1.807) is 13.2 Å². The largest absolute Gasteiger partial charge is 0.497 e. The van der Waals surface area contributed by atoms with Gasteiger partial charge >= 0.3 is 0 Å². The number of methoxy groups -OCH3 is 1. The zero-order chi connectivity index (χ0) is 13.7. The van der Waals surface area contributed by atoms with Gasteiger partial charge in [0.25, 0.3) is 0 Å². The standard InChI is InChI=1S/C13H19BrN2O2/c1-8(2)4-12(15)13(17)16-10-5-9(14)6-11(7-10)18-3/h5-8,12H,4,15H2,1-3H3,(H,16,17)/t12-/m1/s1. The van der Waals surface area contributed by atoms with Gasteiger partial charge in [0.05, 0.1) is 13.2 Å². The summed E-state index contributed by atoms with van der Waals surface area (Å²) < 4.78 is 5.97. The quantitative estimate of drug-likeness (QED) is 0.878. The maximum absolute atomic E-state index is 11.9. The molecule has 1 atom stereocenters. The molecule has 0 aliphatic heterocycles. The van der Waals surface area contributed by atoms with Crippen LogP contribution in [0.2, 0.25) is 0 Å². The van der Waals surface area contributed by atoms with Gasteiger partial charge in [-0.25, -0.2) is 0 Å². The van der Waals surface area contributed by atoms with E-state index in [0.29, 0.717) is 23.8 Å². The van der Waals surface area contributed by atoms with E-state index in [4.69, 9.17) is 10.5 Å². The van der Waals surface area contributed by atoms with Crippen molar-refractivity contribution < 1.29 is 9.53 Å². The minimum absolute atomic E-state index is 0.177. The first-order valence-corrected chi connectivity index (χ1v) is 6.62. The molecule has 1 amide bonds. The van der Waals surface area contributed by atoms with Gasteiger partial charge in [-0.15, -0.1) is 0 Å². The van der Waals surface area contributed by atoms with E-state index in [-0.39, 0.29) is 5.91 Å². The third-order valence-corrected chi connectivity index (χ3v) is 2.89. The van der Waals surface area contributed by atoms with E-state index in [2.05, 4.69) is 21.2 Å². The Morgan fingerprint density at radius 2 is 2.11 bits per heavy atom. The van der Waals surface area contributed by atoms with E-state index in [0.717, 1.165) is 4.47 Å². The molecule has 0 aromatic heterocycles. The summed E-state index contributed by atoms with van der Waals surface area (Å²) in [4.78, 5) is 11.9. The van der Waals surface area contributed by atoms with Crippen molar-refractivity contribution in [3.8, 4) is 5.75 Å². The van der Waals surface area contributed by atoms with Crippen molar-refractivity contribution in [3.05, 3.63) is 22.7 Å². The molecule has 0 saturated carbocycles. The summed E-state index contributed by atoms with van der Waals surface area (Å²) in [6.45, 7) is 4.07. The lowest BCUT2D eigenvalue weighted by molar-refractivity contribution is -0.117. The average Bonchev–Trinajstić information content (AvgIpc) is 2.27. The van der Waals surface area contributed by atoms with Crippen LogP contribution in [0, 0.1) is 5.92 Å². The Labute approximate surface area is 116 Å². The van der Waals surface area contributed by atoms with E-state index < -0.39 is 6.04 Å². The molecule has 100 valence electrons. The lowest BCUT2D eigenvalue weighted by Gasteiger charge is -2.14. The minimum Gasteiger partial charge on any atom is -0.497 e. The van der Waals surface area contributed by atoms with Crippen LogP contribution in [0.15, 0.2) is 22.7 Å². The molecule has 0 heterocycles. The number of ether oxygens (including phenoxy) is 1. The maximum atomic E-state index is 11.9. The summed E-state index contributed by atoms with van der Waals surface area (Å²) in [5.74, 6) is 0.892. The number of carbonyl (C=O) groups is 1. The molecule has 1 aromatic rings. The van der Waals surface area contributed by atoms with Crippen LogP contribution in [0.3, 0.4) is 0 Å². The summed E-state index contributed by atoms with van der Waals surface area (Å²) in [5.41, 5.74) is 6.49. The van der Waals surface area contributed by atoms with Gasteiger partial charge < -0.3 is 15.8 Å². The first-order valence-electron chi connectivity index (χ1n) is 5.83. The topological polar surface area (TPSA) is 64.3 Å². The Kier molecular flexibility index (Phi) is 5.62. The molecule has 0 fully saturated rings. The molecule has 0 unspecified atom stereocenters. The number of halogens is 1. The van der Waals surface area contributed by atoms with Crippen LogP contribution in [0.4, 0.5) is 5.69 Å². The molecule has 0 aliphatic rings. The summed E-state index contributed by atoms with van der Waals surface area (Å²) in [6.07, 6.45) is 0.664. The van der Waals surface area contributed by atoms with Crippen molar-refractivity contribution in [1.82, 2.24) is 0 Å². The van der Waals surface area contributed by atoms with E-state index >= 15 is 0 Å². The number of amides is 1. The molecule has 1 rings (SSSR count). The number of carbonyl (C=O) groups excluding carboxylic acids is 1. The van der Waals surface area contributed by atoms with Crippen LogP contribution in [0.5, 0.6) is 5.75 Å². The summed E-state index contributed by atoms with van der Waals surface area (Å²) in [6, 6.07) is 4.90. The molecular weight excluding hydrogens is 296 g/mol. The van der Waals surface area contributed by atoms with E-state index in [1.165, 1.54) is 0 Å². The van der Waals surface area contributed by atoms with Crippen LogP contribution in [0.25, 0.3) is 0 Å². The third kappa shape index (κ3) is 4.66. The number of nitrogens with one attached hydrogen (secondary N) is 1. The molecule has 0 saturated heterocycles.